The minimum atomic E-state index is -0.981. The van der Waals surface area contributed by atoms with Crippen LogP contribution < -0.4 is 15.4 Å². The number of amides is 1. The lowest BCUT2D eigenvalue weighted by Gasteiger charge is -2.13. The average Bonchev–Trinajstić information content (AvgIpc) is 2.52. The summed E-state index contributed by atoms with van der Waals surface area (Å²) in [6, 6.07) is 6.61. The maximum absolute atomic E-state index is 13.1. The van der Waals surface area contributed by atoms with E-state index < -0.39 is 11.6 Å². The van der Waals surface area contributed by atoms with Gasteiger partial charge >= 0.3 is 0 Å². The predicted octanol–water partition coefficient (Wildman–Crippen LogP) is 3.99. The fourth-order valence-electron chi connectivity index (χ4n) is 1.91. The smallest absolute Gasteiger partial charge is 0.243 e. The second-order valence-electron chi connectivity index (χ2n) is 4.83. The number of carbonyl (C=O) groups is 1. The fraction of sp³-hybridized carbons (Fsp3) is 0.188. The minimum Gasteiger partial charge on any atom is -0.495 e. The van der Waals surface area contributed by atoms with Gasteiger partial charge in [-0.3, -0.25) is 4.79 Å². The summed E-state index contributed by atoms with van der Waals surface area (Å²) in [5.74, 6) is -1.86. The first kappa shape index (κ1) is 17.0. The average molecular weight is 341 g/mol. The molecule has 23 heavy (non-hydrogen) atoms. The van der Waals surface area contributed by atoms with E-state index in [0.717, 1.165) is 17.7 Å². The lowest BCUT2D eigenvalue weighted by Crippen LogP contribution is -2.22. The third-order valence-corrected chi connectivity index (χ3v) is 3.53. The lowest BCUT2D eigenvalue weighted by atomic mass is 10.2. The number of ether oxygens (including phenoxy) is 1. The number of carbonyl (C=O) groups excluding carboxylic acids is 1. The van der Waals surface area contributed by atoms with Crippen molar-refractivity contribution in [2.24, 2.45) is 0 Å². The molecule has 0 unspecified atom stereocenters. The van der Waals surface area contributed by atoms with Crippen molar-refractivity contribution in [2.45, 2.75) is 6.92 Å². The minimum absolute atomic E-state index is 0.115. The van der Waals surface area contributed by atoms with Gasteiger partial charge in [-0.1, -0.05) is 11.6 Å². The molecule has 2 aromatic rings. The molecule has 0 radical (unpaired) electrons. The van der Waals surface area contributed by atoms with Crippen molar-refractivity contribution in [1.82, 2.24) is 0 Å². The van der Waals surface area contributed by atoms with Crippen molar-refractivity contribution in [2.75, 3.05) is 24.3 Å². The largest absolute Gasteiger partial charge is 0.495 e. The Morgan fingerprint density at radius 3 is 2.61 bits per heavy atom. The van der Waals surface area contributed by atoms with Crippen LogP contribution in [0.25, 0.3) is 0 Å². The van der Waals surface area contributed by atoms with Crippen LogP contribution in [-0.2, 0) is 4.79 Å². The van der Waals surface area contributed by atoms with Crippen molar-refractivity contribution in [3.63, 3.8) is 0 Å². The van der Waals surface area contributed by atoms with E-state index in [1.165, 1.54) is 13.2 Å². The summed E-state index contributed by atoms with van der Waals surface area (Å²) < 4.78 is 31.1. The molecule has 0 spiro atoms. The van der Waals surface area contributed by atoms with Crippen molar-refractivity contribution in [1.29, 1.82) is 0 Å². The Kier molecular flexibility index (Phi) is 5.39. The third kappa shape index (κ3) is 4.32. The summed E-state index contributed by atoms with van der Waals surface area (Å²) in [7, 11) is 1.47. The van der Waals surface area contributed by atoms with Crippen molar-refractivity contribution < 1.29 is 18.3 Å². The van der Waals surface area contributed by atoms with Crippen LogP contribution >= 0.6 is 11.6 Å². The van der Waals surface area contributed by atoms with Gasteiger partial charge in [0.2, 0.25) is 5.91 Å². The van der Waals surface area contributed by atoms with Crippen LogP contribution in [0.3, 0.4) is 0 Å². The van der Waals surface area contributed by atoms with Gasteiger partial charge < -0.3 is 15.4 Å². The molecule has 7 heteroatoms. The highest BCUT2D eigenvalue weighted by Crippen LogP contribution is 2.30. The number of anilines is 2. The highest BCUT2D eigenvalue weighted by atomic mass is 35.5. The monoisotopic (exact) mass is 340 g/mol. The zero-order chi connectivity index (χ0) is 17.0. The highest BCUT2D eigenvalue weighted by Gasteiger charge is 2.11. The topological polar surface area (TPSA) is 50.4 Å². The molecule has 0 fully saturated rings. The number of aryl methyl sites for hydroxylation is 1. The Labute approximate surface area is 137 Å². The summed E-state index contributed by atoms with van der Waals surface area (Å²) in [5.41, 5.74) is 1.57. The first-order valence-corrected chi connectivity index (χ1v) is 7.11. The molecule has 0 aliphatic heterocycles. The first-order valence-electron chi connectivity index (χ1n) is 6.73. The quantitative estimate of drug-likeness (QED) is 0.865. The molecule has 0 bridgehead atoms. The molecule has 4 nitrogen and oxygen atoms in total. The van der Waals surface area contributed by atoms with Crippen LogP contribution in [-0.4, -0.2) is 19.6 Å². The Morgan fingerprint density at radius 1 is 1.22 bits per heavy atom. The number of halogens is 3. The normalized spacial score (nSPS) is 10.3. The summed E-state index contributed by atoms with van der Waals surface area (Å²) in [5, 5.41) is 5.91. The maximum atomic E-state index is 13.1. The van der Waals surface area contributed by atoms with Crippen molar-refractivity contribution in [3.05, 3.63) is 52.6 Å². The molecule has 0 aliphatic carbocycles. The van der Waals surface area contributed by atoms with Gasteiger partial charge in [0, 0.05) is 22.8 Å². The van der Waals surface area contributed by atoms with Gasteiger partial charge in [-0.15, -0.1) is 0 Å². The van der Waals surface area contributed by atoms with Gasteiger partial charge in [-0.05, 0) is 30.7 Å². The van der Waals surface area contributed by atoms with Gasteiger partial charge in [0.1, 0.15) is 5.75 Å². The molecule has 0 saturated carbocycles. The number of rotatable bonds is 5. The van der Waals surface area contributed by atoms with Gasteiger partial charge in [0.05, 0.1) is 19.3 Å². The van der Waals surface area contributed by atoms with Crippen LogP contribution in [0.15, 0.2) is 30.3 Å². The van der Waals surface area contributed by atoms with Crippen molar-refractivity contribution in [3.8, 4) is 5.75 Å². The van der Waals surface area contributed by atoms with Crippen LogP contribution in [0.4, 0.5) is 20.2 Å². The van der Waals surface area contributed by atoms with Crippen LogP contribution in [0.1, 0.15) is 5.56 Å². The number of methoxy groups -OCH3 is 1. The van der Waals surface area contributed by atoms with Crippen LogP contribution in [0, 0.1) is 18.6 Å². The van der Waals surface area contributed by atoms with E-state index in [2.05, 4.69) is 10.6 Å². The molecule has 2 aromatic carbocycles. The Hall–Kier alpha value is -2.34. The lowest BCUT2D eigenvalue weighted by molar-refractivity contribution is -0.114. The van der Waals surface area contributed by atoms with E-state index in [4.69, 9.17) is 16.3 Å². The number of nitrogens with one attached hydrogen (secondary N) is 2. The standard InChI is InChI=1S/C16H15ClF2N2O2/c1-9-5-14(15(23-2)7-11(9)17)21-16(22)8-20-10-3-4-12(18)13(19)6-10/h3-7,20H,8H2,1-2H3,(H,21,22). The Morgan fingerprint density at radius 2 is 1.96 bits per heavy atom. The highest BCUT2D eigenvalue weighted by molar-refractivity contribution is 6.31. The Bertz CT molecular complexity index is 738. The molecule has 0 heterocycles. The Balaban J connectivity index is 2.02. The summed E-state index contributed by atoms with van der Waals surface area (Å²) in [6.07, 6.45) is 0. The van der Waals surface area contributed by atoms with E-state index in [0.29, 0.717) is 22.1 Å². The predicted molar refractivity (Wildman–Crippen MR) is 86.2 cm³/mol. The fourth-order valence-corrected chi connectivity index (χ4v) is 2.07. The van der Waals surface area contributed by atoms with E-state index in [1.54, 1.807) is 19.1 Å². The molecule has 0 aliphatic rings. The first-order chi connectivity index (χ1) is 10.9. The molecule has 0 saturated heterocycles. The molecule has 122 valence electrons. The zero-order valence-electron chi connectivity index (χ0n) is 12.5. The second-order valence-corrected chi connectivity index (χ2v) is 5.24. The molecular weight excluding hydrogens is 326 g/mol. The molecule has 1 amide bonds. The number of hydrogen-bond donors (Lipinski definition) is 2. The number of hydrogen-bond acceptors (Lipinski definition) is 3. The molecule has 2 rings (SSSR count). The van der Waals surface area contributed by atoms with E-state index in [1.807, 2.05) is 0 Å². The van der Waals surface area contributed by atoms with Gasteiger partial charge in [-0.2, -0.15) is 0 Å². The molecule has 2 N–H and O–H groups in total. The SMILES string of the molecule is COc1cc(Cl)c(C)cc1NC(=O)CNc1ccc(F)c(F)c1. The zero-order valence-corrected chi connectivity index (χ0v) is 13.3. The second kappa shape index (κ2) is 7.28. The summed E-state index contributed by atoms with van der Waals surface area (Å²) >= 11 is 6.00. The maximum Gasteiger partial charge on any atom is 0.243 e. The van der Waals surface area contributed by atoms with E-state index >= 15 is 0 Å². The van der Waals surface area contributed by atoms with Crippen LogP contribution in [0.5, 0.6) is 5.75 Å². The molecule has 0 atom stereocenters. The van der Waals surface area contributed by atoms with E-state index in [-0.39, 0.29) is 12.5 Å². The van der Waals surface area contributed by atoms with E-state index in [9.17, 15) is 13.6 Å². The van der Waals surface area contributed by atoms with Gasteiger partial charge in [0.25, 0.3) is 0 Å². The van der Waals surface area contributed by atoms with Gasteiger partial charge in [-0.25, -0.2) is 8.78 Å². The van der Waals surface area contributed by atoms with Crippen LogP contribution in [0.2, 0.25) is 5.02 Å². The summed E-state index contributed by atoms with van der Waals surface area (Å²) in [4.78, 5) is 12.0. The number of benzene rings is 2. The summed E-state index contributed by atoms with van der Waals surface area (Å²) in [6.45, 7) is 1.69. The van der Waals surface area contributed by atoms with Crippen molar-refractivity contribution >= 4 is 28.9 Å². The molecular formula is C16H15ClF2N2O2. The van der Waals surface area contributed by atoms with Gasteiger partial charge in [0.15, 0.2) is 11.6 Å². The molecule has 0 aromatic heterocycles. The third-order valence-electron chi connectivity index (χ3n) is 3.13.